The fourth-order valence-corrected chi connectivity index (χ4v) is 3.27. The number of primary amides is 1. The third kappa shape index (κ3) is 3.54. The molecule has 0 spiro atoms. The number of aromatic nitrogens is 2. The maximum atomic E-state index is 11.1. The Bertz CT molecular complexity index is 666. The molecule has 1 amide bonds. The monoisotopic (exact) mass is 325 g/mol. The minimum absolute atomic E-state index is 0.201. The largest absolute Gasteiger partial charge is 0.364 e. The van der Waals surface area contributed by atoms with Crippen molar-refractivity contribution in [3.8, 4) is 0 Å². The lowest BCUT2D eigenvalue weighted by molar-refractivity contribution is 0.0994. The Kier molecular flexibility index (Phi) is 5.05. The van der Waals surface area contributed by atoms with Crippen LogP contribution in [0.15, 0.2) is 42.5 Å². The van der Waals surface area contributed by atoms with Crippen LogP contribution in [0.2, 0.25) is 0 Å². The summed E-state index contributed by atoms with van der Waals surface area (Å²) in [6.45, 7) is 5.99. The molecule has 24 heavy (non-hydrogen) atoms. The Labute approximate surface area is 142 Å². The van der Waals surface area contributed by atoms with E-state index in [1.165, 1.54) is 5.56 Å². The Hall–Kier alpha value is -2.47. The highest BCUT2D eigenvalue weighted by Gasteiger charge is 2.24. The zero-order chi connectivity index (χ0) is 16.9. The van der Waals surface area contributed by atoms with Crippen LogP contribution < -0.4 is 10.6 Å². The van der Waals surface area contributed by atoms with Gasteiger partial charge in [0.2, 0.25) is 0 Å². The molecular weight excluding hydrogens is 302 g/mol. The minimum Gasteiger partial charge on any atom is -0.364 e. The van der Waals surface area contributed by atoms with Crippen molar-refractivity contribution in [3.05, 3.63) is 53.7 Å². The molecule has 1 aliphatic rings. The number of carbonyl (C=O) groups excluding carboxylic acids is 1. The van der Waals surface area contributed by atoms with Gasteiger partial charge in [-0.05, 0) is 24.1 Å². The van der Waals surface area contributed by atoms with E-state index in [2.05, 4.69) is 57.3 Å². The van der Waals surface area contributed by atoms with E-state index in [-0.39, 0.29) is 5.69 Å². The van der Waals surface area contributed by atoms with E-state index >= 15 is 0 Å². The predicted molar refractivity (Wildman–Crippen MR) is 93.8 cm³/mol. The van der Waals surface area contributed by atoms with E-state index in [0.717, 1.165) is 38.4 Å². The van der Waals surface area contributed by atoms with Crippen LogP contribution in [-0.4, -0.2) is 47.2 Å². The molecule has 6 heteroatoms. The van der Waals surface area contributed by atoms with Crippen molar-refractivity contribution in [2.75, 3.05) is 31.1 Å². The van der Waals surface area contributed by atoms with E-state index in [0.29, 0.717) is 6.04 Å². The highest BCUT2D eigenvalue weighted by atomic mass is 16.1. The van der Waals surface area contributed by atoms with Crippen LogP contribution in [0.1, 0.15) is 35.4 Å². The Morgan fingerprint density at radius 3 is 2.33 bits per heavy atom. The van der Waals surface area contributed by atoms with Crippen LogP contribution >= 0.6 is 0 Å². The topological polar surface area (TPSA) is 75.3 Å². The van der Waals surface area contributed by atoms with Crippen molar-refractivity contribution in [1.82, 2.24) is 15.1 Å². The first-order valence-electron chi connectivity index (χ1n) is 8.36. The second-order valence-corrected chi connectivity index (χ2v) is 6.00. The maximum absolute atomic E-state index is 11.1. The number of nitrogens with zero attached hydrogens (tertiary/aromatic N) is 4. The van der Waals surface area contributed by atoms with Crippen molar-refractivity contribution >= 4 is 11.7 Å². The summed E-state index contributed by atoms with van der Waals surface area (Å²) in [6.07, 6.45) is 1.09. The van der Waals surface area contributed by atoms with Crippen LogP contribution in [0.3, 0.4) is 0 Å². The van der Waals surface area contributed by atoms with Gasteiger partial charge < -0.3 is 10.6 Å². The van der Waals surface area contributed by atoms with Gasteiger partial charge in [0.25, 0.3) is 5.91 Å². The van der Waals surface area contributed by atoms with Gasteiger partial charge in [0.15, 0.2) is 11.5 Å². The first kappa shape index (κ1) is 16.4. The van der Waals surface area contributed by atoms with E-state index in [1.807, 2.05) is 6.07 Å². The SMILES string of the molecule is CC[C@H](c1ccccc1)N1CCN(c2ccc(C(N)=O)nn2)CC1. The van der Waals surface area contributed by atoms with Crippen LogP contribution in [0.5, 0.6) is 0 Å². The molecule has 6 nitrogen and oxygen atoms in total. The summed E-state index contributed by atoms with van der Waals surface area (Å²) in [7, 11) is 0. The number of piperazine rings is 1. The Morgan fingerprint density at radius 2 is 1.79 bits per heavy atom. The molecule has 1 saturated heterocycles. The van der Waals surface area contributed by atoms with E-state index in [4.69, 9.17) is 5.73 Å². The summed E-state index contributed by atoms with van der Waals surface area (Å²) in [5.74, 6) is 0.250. The lowest BCUT2D eigenvalue weighted by Crippen LogP contribution is -2.48. The summed E-state index contributed by atoms with van der Waals surface area (Å²) >= 11 is 0. The van der Waals surface area contributed by atoms with Crippen LogP contribution in [0, 0.1) is 0 Å². The first-order valence-corrected chi connectivity index (χ1v) is 8.36. The van der Waals surface area contributed by atoms with Crippen LogP contribution in [0.4, 0.5) is 5.82 Å². The summed E-state index contributed by atoms with van der Waals surface area (Å²) in [5.41, 5.74) is 6.78. The van der Waals surface area contributed by atoms with Gasteiger partial charge in [-0.2, -0.15) is 0 Å². The molecule has 1 atom stereocenters. The molecule has 1 aliphatic heterocycles. The summed E-state index contributed by atoms with van der Waals surface area (Å²) in [6, 6.07) is 14.6. The molecule has 2 N–H and O–H groups in total. The highest BCUT2D eigenvalue weighted by Crippen LogP contribution is 2.26. The van der Waals surface area contributed by atoms with Crippen molar-refractivity contribution in [3.63, 3.8) is 0 Å². The van der Waals surface area contributed by atoms with E-state index in [1.54, 1.807) is 6.07 Å². The zero-order valence-corrected chi connectivity index (χ0v) is 13.9. The Morgan fingerprint density at radius 1 is 1.08 bits per heavy atom. The number of carbonyl (C=O) groups is 1. The molecular formula is C18H23N5O. The maximum Gasteiger partial charge on any atom is 0.269 e. The second-order valence-electron chi connectivity index (χ2n) is 6.00. The summed E-state index contributed by atoms with van der Waals surface area (Å²) in [5, 5.41) is 8.02. The van der Waals surface area contributed by atoms with Gasteiger partial charge in [0.05, 0.1) is 0 Å². The minimum atomic E-state index is -0.549. The molecule has 0 unspecified atom stereocenters. The third-order valence-corrected chi connectivity index (χ3v) is 4.55. The molecule has 1 aromatic heterocycles. The molecule has 0 saturated carbocycles. The number of amides is 1. The van der Waals surface area contributed by atoms with Crippen LogP contribution in [-0.2, 0) is 0 Å². The number of anilines is 1. The summed E-state index contributed by atoms with van der Waals surface area (Å²) in [4.78, 5) is 15.8. The quantitative estimate of drug-likeness (QED) is 0.908. The fourth-order valence-electron chi connectivity index (χ4n) is 3.27. The van der Waals surface area contributed by atoms with Crippen molar-refractivity contribution < 1.29 is 4.79 Å². The van der Waals surface area contributed by atoms with Crippen molar-refractivity contribution in [2.45, 2.75) is 19.4 Å². The van der Waals surface area contributed by atoms with Gasteiger partial charge in [0, 0.05) is 32.2 Å². The predicted octanol–water partition coefficient (Wildman–Crippen LogP) is 1.85. The van der Waals surface area contributed by atoms with Gasteiger partial charge >= 0.3 is 0 Å². The van der Waals surface area contributed by atoms with E-state index < -0.39 is 5.91 Å². The average molecular weight is 325 g/mol. The van der Waals surface area contributed by atoms with E-state index in [9.17, 15) is 4.79 Å². The van der Waals surface area contributed by atoms with Crippen LogP contribution in [0.25, 0.3) is 0 Å². The molecule has 126 valence electrons. The lowest BCUT2D eigenvalue weighted by Gasteiger charge is -2.39. The second kappa shape index (κ2) is 7.40. The standard InChI is InChI=1S/C18H23N5O/c1-2-16(14-6-4-3-5-7-14)22-10-12-23(13-11-22)17-9-8-15(18(19)24)20-21-17/h3-9,16H,2,10-13H2,1H3,(H2,19,24)/t16-/m1/s1. The number of hydrogen-bond acceptors (Lipinski definition) is 5. The smallest absolute Gasteiger partial charge is 0.269 e. The first-order chi connectivity index (χ1) is 11.7. The lowest BCUT2D eigenvalue weighted by atomic mass is 10.0. The molecule has 2 heterocycles. The fraction of sp³-hybridized carbons (Fsp3) is 0.389. The Balaban J connectivity index is 1.63. The molecule has 2 aromatic rings. The highest BCUT2D eigenvalue weighted by molar-refractivity contribution is 5.90. The normalized spacial score (nSPS) is 16.8. The number of benzene rings is 1. The van der Waals surface area contributed by atoms with Gasteiger partial charge in [-0.3, -0.25) is 9.69 Å². The molecule has 1 fully saturated rings. The van der Waals surface area contributed by atoms with Crippen molar-refractivity contribution in [1.29, 1.82) is 0 Å². The molecule has 1 aromatic carbocycles. The molecule has 0 radical (unpaired) electrons. The molecule has 3 rings (SSSR count). The van der Waals surface area contributed by atoms with Gasteiger partial charge in [-0.25, -0.2) is 0 Å². The van der Waals surface area contributed by atoms with Gasteiger partial charge in [-0.1, -0.05) is 37.3 Å². The summed E-state index contributed by atoms with van der Waals surface area (Å²) < 4.78 is 0. The third-order valence-electron chi connectivity index (χ3n) is 4.55. The van der Waals surface area contributed by atoms with Crippen molar-refractivity contribution in [2.24, 2.45) is 5.73 Å². The van der Waals surface area contributed by atoms with Gasteiger partial charge in [-0.15, -0.1) is 10.2 Å². The zero-order valence-electron chi connectivity index (χ0n) is 13.9. The number of rotatable bonds is 5. The molecule has 0 aliphatic carbocycles. The average Bonchev–Trinajstić information content (AvgIpc) is 2.64. The van der Waals surface area contributed by atoms with Gasteiger partial charge in [0.1, 0.15) is 0 Å². The molecule has 0 bridgehead atoms. The number of nitrogens with two attached hydrogens (primary N) is 1. The number of hydrogen-bond donors (Lipinski definition) is 1.